The summed E-state index contributed by atoms with van der Waals surface area (Å²) in [6.45, 7) is 0. The smallest absolute Gasteiger partial charge is 0.0629 e. The minimum absolute atomic E-state index is 0.196. The molecule has 0 bridgehead atoms. The average Bonchev–Trinajstić information content (AvgIpc) is 3.46. The fourth-order valence-corrected chi connectivity index (χ4v) is 7.23. The molecule has 7 aromatic carbocycles. The standard InChI is InChI=1S/C38H24S/c1-3-13-25(14-4-1)27-21-11-23-33-37-32(22-12-24-34(37)39-38(27)33)36-30-19-9-7-17-28(30)35(26-15-5-2-6-16-26)29-18-8-10-20-31(29)36/h1-24H/i2D,5D,6D,15D,16D. The Morgan fingerprint density at radius 3 is 1.69 bits per heavy atom. The minimum atomic E-state index is -0.389. The summed E-state index contributed by atoms with van der Waals surface area (Å²) in [5.74, 6) is 0. The van der Waals surface area contributed by atoms with Gasteiger partial charge in [-0.15, -0.1) is 11.3 Å². The highest BCUT2D eigenvalue weighted by Crippen LogP contribution is 2.48. The Balaban J connectivity index is 1.53. The summed E-state index contributed by atoms with van der Waals surface area (Å²) in [6.07, 6.45) is 0. The third-order valence-electron chi connectivity index (χ3n) is 7.56. The van der Waals surface area contributed by atoms with Crippen molar-refractivity contribution < 1.29 is 6.85 Å². The van der Waals surface area contributed by atoms with Crippen LogP contribution in [0.1, 0.15) is 6.85 Å². The van der Waals surface area contributed by atoms with E-state index in [1.165, 1.54) is 31.3 Å². The monoisotopic (exact) mass is 517 g/mol. The van der Waals surface area contributed by atoms with E-state index in [9.17, 15) is 0 Å². The fraction of sp³-hybridized carbons (Fsp3) is 0. The van der Waals surface area contributed by atoms with E-state index in [4.69, 9.17) is 6.85 Å². The molecule has 0 saturated heterocycles. The Bertz CT molecular complexity index is 2360. The van der Waals surface area contributed by atoms with Crippen LogP contribution in [0.4, 0.5) is 0 Å². The largest absolute Gasteiger partial charge is 0.135 e. The summed E-state index contributed by atoms with van der Waals surface area (Å²) in [5.41, 5.74) is 5.46. The van der Waals surface area contributed by atoms with Gasteiger partial charge in [0.25, 0.3) is 0 Å². The van der Waals surface area contributed by atoms with Crippen molar-refractivity contribution in [2.45, 2.75) is 0 Å². The molecule has 1 aromatic heterocycles. The van der Waals surface area contributed by atoms with Gasteiger partial charge in [-0.3, -0.25) is 0 Å². The van der Waals surface area contributed by atoms with Crippen LogP contribution in [-0.4, -0.2) is 0 Å². The van der Waals surface area contributed by atoms with Crippen molar-refractivity contribution >= 4 is 53.1 Å². The molecule has 0 aliphatic heterocycles. The first-order chi connectivity index (χ1) is 21.5. The van der Waals surface area contributed by atoms with E-state index in [0.29, 0.717) is 5.56 Å². The first-order valence-corrected chi connectivity index (χ1v) is 13.8. The van der Waals surface area contributed by atoms with Crippen molar-refractivity contribution in [1.82, 2.24) is 0 Å². The number of benzene rings is 7. The van der Waals surface area contributed by atoms with Gasteiger partial charge in [0.2, 0.25) is 0 Å². The van der Waals surface area contributed by atoms with E-state index < -0.39 is 0 Å². The van der Waals surface area contributed by atoms with Gasteiger partial charge in [-0.1, -0.05) is 139 Å². The van der Waals surface area contributed by atoms with Gasteiger partial charge in [-0.25, -0.2) is 0 Å². The summed E-state index contributed by atoms with van der Waals surface area (Å²) in [6, 6.07) is 38.1. The van der Waals surface area contributed by atoms with Crippen molar-refractivity contribution in [3.63, 3.8) is 0 Å². The second kappa shape index (κ2) is 8.94. The van der Waals surface area contributed by atoms with Crippen LogP contribution in [0, 0.1) is 0 Å². The minimum Gasteiger partial charge on any atom is -0.135 e. The highest BCUT2D eigenvalue weighted by molar-refractivity contribution is 7.26. The third-order valence-corrected chi connectivity index (χ3v) is 8.76. The molecule has 0 spiro atoms. The Hall–Kier alpha value is -4.72. The van der Waals surface area contributed by atoms with Crippen molar-refractivity contribution in [2.75, 3.05) is 0 Å². The first-order valence-electron chi connectivity index (χ1n) is 15.5. The molecule has 0 aliphatic carbocycles. The summed E-state index contributed by atoms with van der Waals surface area (Å²) in [7, 11) is 0. The zero-order valence-electron chi connectivity index (χ0n) is 25.9. The molecule has 0 radical (unpaired) electrons. The van der Waals surface area contributed by atoms with Crippen LogP contribution in [0.2, 0.25) is 0 Å². The van der Waals surface area contributed by atoms with Gasteiger partial charge in [0.1, 0.15) is 0 Å². The lowest BCUT2D eigenvalue weighted by Crippen LogP contribution is -1.91. The molecule has 0 atom stereocenters. The summed E-state index contributed by atoms with van der Waals surface area (Å²) in [4.78, 5) is 0. The molecule has 0 fully saturated rings. The van der Waals surface area contributed by atoms with Gasteiger partial charge in [0.05, 0.1) is 6.85 Å². The number of hydrogen-bond donors (Lipinski definition) is 0. The third kappa shape index (κ3) is 3.44. The Morgan fingerprint density at radius 1 is 0.436 bits per heavy atom. The van der Waals surface area contributed by atoms with Crippen molar-refractivity contribution in [3.05, 3.63) is 145 Å². The van der Waals surface area contributed by atoms with E-state index in [-0.39, 0.29) is 35.8 Å². The molecule has 39 heavy (non-hydrogen) atoms. The van der Waals surface area contributed by atoms with E-state index in [1.54, 1.807) is 11.3 Å². The normalized spacial score (nSPS) is 13.4. The van der Waals surface area contributed by atoms with Gasteiger partial charge in [0.15, 0.2) is 0 Å². The average molecular weight is 518 g/mol. The van der Waals surface area contributed by atoms with Gasteiger partial charge < -0.3 is 0 Å². The molecule has 0 unspecified atom stereocenters. The number of fused-ring (bicyclic) bond motifs is 5. The molecule has 0 amide bonds. The quantitative estimate of drug-likeness (QED) is 0.204. The number of hydrogen-bond acceptors (Lipinski definition) is 1. The zero-order valence-corrected chi connectivity index (χ0v) is 21.7. The number of rotatable bonds is 3. The van der Waals surface area contributed by atoms with Crippen molar-refractivity contribution in [1.29, 1.82) is 0 Å². The maximum atomic E-state index is 8.84. The Labute approximate surface area is 238 Å². The van der Waals surface area contributed by atoms with Gasteiger partial charge in [-0.2, -0.15) is 0 Å². The summed E-state index contributed by atoms with van der Waals surface area (Å²) >= 11 is 1.80. The van der Waals surface area contributed by atoms with Crippen molar-refractivity contribution in [3.8, 4) is 33.4 Å². The van der Waals surface area contributed by atoms with Crippen molar-refractivity contribution in [2.24, 2.45) is 0 Å². The molecule has 1 heteroatoms. The maximum absolute atomic E-state index is 8.84. The maximum Gasteiger partial charge on any atom is 0.0629 e. The molecule has 0 aliphatic rings. The topological polar surface area (TPSA) is 0 Å². The van der Waals surface area contributed by atoms with Crippen LogP contribution in [0.15, 0.2) is 145 Å². The second-order valence-electron chi connectivity index (χ2n) is 9.67. The molecule has 0 saturated carbocycles. The van der Waals surface area contributed by atoms with Crippen LogP contribution in [0.25, 0.3) is 75.1 Å². The van der Waals surface area contributed by atoms with Crippen LogP contribution >= 0.6 is 11.3 Å². The SMILES string of the molecule is [2H]c1c([2H])c([2H])c(-c2c3ccccc3c(-c3cccc4sc5c(-c6ccccc6)cccc5c34)c3ccccc23)c([2H])c1[2H]. The molecule has 1 heterocycles. The lowest BCUT2D eigenvalue weighted by molar-refractivity contribution is 1.67. The molecule has 182 valence electrons. The van der Waals surface area contributed by atoms with E-state index >= 15 is 0 Å². The van der Waals surface area contributed by atoms with E-state index in [0.717, 1.165) is 32.7 Å². The molecular weight excluding hydrogens is 488 g/mol. The van der Waals surface area contributed by atoms with Crippen LogP contribution in [-0.2, 0) is 0 Å². The Kier molecular flexibility index (Phi) is 4.06. The Morgan fingerprint density at radius 2 is 1.00 bits per heavy atom. The zero-order chi connectivity index (χ0) is 30.1. The second-order valence-corrected chi connectivity index (χ2v) is 10.7. The fourth-order valence-electron chi connectivity index (χ4n) is 5.96. The predicted octanol–water partition coefficient (Wildman–Crippen LogP) is 11.4. The van der Waals surface area contributed by atoms with E-state index in [2.05, 4.69) is 72.8 Å². The van der Waals surface area contributed by atoms with E-state index in [1.807, 2.05) is 42.5 Å². The lowest BCUT2D eigenvalue weighted by atomic mass is 9.85. The molecule has 8 rings (SSSR count). The highest BCUT2D eigenvalue weighted by Gasteiger charge is 2.20. The molecule has 8 aromatic rings. The lowest BCUT2D eigenvalue weighted by Gasteiger charge is -2.18. The van der Waals surface area contributed by atoms with Gasteiger partial charge >= 0.3 is 0 Å². The highest BCUT2D eigenvalue weighted by atomic mass is 32.1. The first kappa shape index (κ1) is 17.7. The molecular formula is C38H24S. The van der Waals surface area contributed by atoms with Crippen LogP contribution in [0.3, 0.4) is 0 Å². The van der Waals surface area contributed by atoms with Gasteiger partial charge in [0, 0.05) is 20.2 Å². The molecule has 0 N–H and O–H groups in total. The predicted molar refractivity (Wildman–Crippen MR) is 171 cm³/mol. The number of thiophene rings is 1. The van der Waals surface area contributed by atoms with Gasteiger partial charge in [-0.05, 0) is 61.0 Å². The summed E-state index contributed by atoms with van der Waals surface area (Å²) < 4.78 is 45.1. The van der Waals surface area contributed by atoms with Crippen LogP contribution < -0.4 is 0 Å². The van der Waals surface area contributed by atoms with Crippen LogP contribution in [0.5, 0.6) is 0 Å². The summed E-state index contributed by atoms with van der Waals surface area (Å²) in [5, 5.41) is 6.03. The molecule has 0 nitrogen and oxygen atoms in total.